The van der Waals surface area contributed by atoms with Crippen LogP contribution in [0.1, 0.15) is 11.9 Å². The number of nitrogens with two attached hydrogens (primary N) is 1. The Morgan fingerprint density at radius 1 is 1.38 bits per heavy atom. The van der Waals surface area contributed by atoms with Crippen molar-refractivity contribution in [2.75, 3.05) is 30.8 Å². The molecule has 0 amide bonds. The molecule has 0 spiro atoms. The molecule has 0 radical (unpaired) electrons. The first-order chi connectivity index (χ1) is 10.1. The number of anilines is 1. The minimum atomic E-state index is -1.00. The van der Waals surface area contributed by atoms with Gasteiger partial charge in [0.15, 0.2) is 17.5 Å². The molecule has 5 nitrogen and oxygen atoms in total. The third kappa shape index (κ3) is 2.73. The van der Waals surface area contributed by atoms with Gasteiger partial charge in [-0.05, 0) is 13.1 Å². The number of hydrogen-bond acceptors (Lipinski definition) is 6. The van der Waals surface area contributed by atoms with Crippen LogP contribution < -0.4 is 5.73 Å². The molecule has 21 heavy (non-hydrogen) atoms. The zero-order chi connectivity index (χ0) is 15.0. The normalized spacial score (nSPS) is 19.9. The molecule has 1 aliphatic rings. The fourth-order valence-corrected chi connectivity index (χ4v) is 3.40. The van der Waals surface area contributed by atoms with E-state index < -0.39 is 11.6 Å². The van der Waals surface area contributed by atoms with Gasteiger partial charge in [-0.25, -0.2) is 8.78 Å². The van der Waals surface area contributed by atoms with Gasteiger partial charge < -0.3 is 10.3 Å². The molecule has 1 aromatic heterocycles. The van der Waals surface area contributed by atoms with Crippen molar-refractivity contribution in [3.63, 3.8) is 0 Å². The maximum Gasteiger partial charge on any atom is 0.260 e. The van der Waals surface area contributed by atoms with E-state index in [4.69, 9.17) is 10.3 Å². The summed E-state index contributed by atoms with van der Waals surface area (Å²) in [6.45, 7) is 0.937. The van der Waals surface area contributed by atoms with Gasteiger partial charge in [0.1, 0.15) is 0 Å². The van der Waals surface area contributed by atoms with Gasteiger partial charge in [0.25, 0.3) is 5.89 Å². The van der Waals surface area contributed by atoms with Crippen molar-refractivity contribution in [2.45, 2.75) is 6.04 Å². The number of nitrogen functional groups attached to an aromatic ring is 1. The van der Waals surface area contributed by atoms with Gasteiger partial charge in [-0.2, -0.15) is 16.7 Å². The molecule has 0 bridgehead atoms. The lowest BCUT2D eigenvalue weighted by Crippen LogP contribution is -2.33. The summed E-state index contributed by atoms with van der Waals surface area (Å²) in [6, 6.07) is 1.94. The van der Waals surface area contributed by atoms with Crippen LogP contribution >= 0.6 is 11.8 Å². The number of aromatic nitrogens is 2. The van der Waals surface area contributed by atoms with Crippen LogP contribution in [0.5, 0.6) is 0 Å². The van der Waals surface area contributed by atoms with E-state index in [2.05, 4.69) is 15.0 Å². The summed E-state index contributed by atoms with van der Waals surface area (Å²) in [5.74, 6) is 0.564. The lowest BCUT2D eigenvalue weighted by molar-refractivity contribution is 0.257. The van der Waals surface area contributed by atoms with E-state index in [-0.39, 0.29) is 23.2 Å². The fourth-order valence-electron chi connectivity index (χ4n) is 2.19. The largest absolute Gasteiger partial charge is 0.398 e. The van der Waals surface area contributed by atoms with Crippen molar-refractivity contribution in [3.05, 3.63) is 29.6 Å². The van der Waals surface area contributed by atoms with E-state index in [1.807, 2.05) is 18.8 Å². The summed E-state index contributed by atoms with van der Waals surface area (Å²) in [7, 11) is 1.99. The molecule has 0 aliphatic carbocycles. The first-order valence-electron chi connectivity index (χ1n) is 6.42. The Morgan fingerprint density at radius 3 is 2.90 bits per heavy atom. The lowest BCUT2D eigenvalue weighted by Gasteiger charge is -2.29. The van der Waals surface area contributed by atoms with Crippen molar-refractivity contribution < 1.29 is 13.3 Å². The van der Waals surface area contributed by atoms with Gasteiger partial charge >= 0.3 is 0 Å². The molecular formula is C13H14F2N4OS. The summed E-state index contributed by atoms with van der Waals surface area (Å²) >= 11 is 1.82. The Balaban J connectivity index is 1.93. The van der Waals surface area contributed by atoms with Crippen molar-refractivity contribution in [1.82, 2.24) is 15.0 Å². The molecular weight excluding hydrogens is 298 g/mol. The molecule has 0 saturated carbocycles. The van der Waals surface area contributed by atoms with Gasteiger partial charge in [0, 0.05) is 29.8 Å². The molecule has 2 N–H and O–H groups in total. The van der Waals surface area contributed by atoms with Crippen LogP contribution in [0, 0.1) is 11.6 Å². The highest BCUT2D eigenvalue weighted by atomic mass is 32.2. The third-order valence-electron chi connectivity index (χ3n) is 3.46. The summed E-state index contributed by atoms with van der Waals surface area (Å²) in [5, 5.41) is 3.95. The Kier molecular flexibility index (Phi) is 3.81. The van der Waals surface area contributed by atoms with Crippen LogP contribution in [0.15, 0.2) is 16.7 Å². The third-order valence-corrected chi connectivity index (χ3v) is 4.48. The molecule has 1 aromatic carbocycles. The number of hydrogen-bond donors (Lipinski definition) is 1. The zero-order valence-corrected chi connectivity index (χ0v) is 12.2. The van der Waals surface area contributed by atoms with Crippen molar-refractivity contribution in [3.8, 4) is 11.5 Å². The predicted molar refractivity (Wildman–Crippen MR) is 76.8 cm³/mol. The summed E-state index contributed by atoms with van der Waals surface area (Å²) in [5.41, 5.74) is 5.96. The molecule has 1 fully saturated rings. The van der Waals surface area contributed by atoms with Crippen LogP contribution in [-0.2, 0) is 0 Å². The Labute approximate surface area is 124 Å². The maximum absolute atomic E-state index is 13.3. The molecule has 3 rings (SSSR count). The first-order valence-corrected chi connectivity index (χ1v) is 7.58. The summed E-state index contributed by atoms with van der Waals surface area (Å²) < 4.78 is 31.6. The lowest BCUT2D eigenvalue weighted by atomic mass is 10.1. The molecule has 2 heterocycles. The zero-order valence-electron chi connectivity index (χ0n) is 11.3. The van der Waals surface area contributed by atoms with E-state index in [1.54, 1.807) is 0 Å². The maximum atomic E-state index is 13.3. The molecule has 1 atom stereocenters. The van der Waals surface area contributed by atoms with Gasteiger partial charge in [-0.15, -0.1) is 0 Å². The molecule has 1 aliphatic heterocycles. The molecule has 112 valence electrons. The highest BCUT2D eigenvalue weighted by molar-refractivity contribution is 7.99. The van der Waals surface area contributed by atoms with Crippen LogP contribution in [0.3, 0.4) is 0 Å². The van der Waals surface area contributed by atoms with Crippen molar-refractivity contribution in [1.29, 1.82) is 0 Å². The number of halogens is 2. The quantitative estimate of drug-likeness (QED) is 0.858. The predicted octanol–water partition coefficient (Wildman–Crippen LogP) is 2.32. The Bertz CT molecular complexity index is 664. The number of rotatable bonds is 2. The van der Waals surface area contributed by atoms with Gasteiger partial charge in [0.05, 0.1) is 11.6 Å². The topological polar surface area (TPSA) is 68.2 Å². The van der Waals surface area contributed by atoms with Crippen LogP contribution in [0.2, 0.25) is 0 Å². The first kappa shape index (κ1) is 14.3. The number of benzene rings is 1. The second kappa shape index (κ2) is 5.61. The number of thioether (sulfide) groups is 1. The molecule has 8 heteroatoms. The molecule has 1 unspecified atom stereocenters. The van der Waals surface area contributed by atoms with E-state index in [9.17, 15) is 8.78 Å². The highest BCUT2D eigenvalue weighted by Crippen LogP contribution is 2.30. The fraction of sp³-hybridized carbons (Fsp3) is 0.385. The molecule has 2 aromatic rings. The highest BCUT2D eigenvalue weighted by Gasteiger charge is 2.26. The van der Waals surface area contributed by atoms with Gasteiger partial charge in [-0.3, -0.25) is 4.90 Å². The molecule has 1 saturated heterocycles. The summed E-state index contributed by atoms with van der Waals surface area (Å²) in [6.07, 6.45) is 0. The van der Waals surface area contributed by atoms with E-state index >= 15 is 0 Å². The summed E-state index contributed by atoms with van der Waals surface area (Å²) in [4.78, 5) is 6.42. The van der Waals surface area contributed by atoms with Crippen LogP contribution in [0.25, 0.3) is 11.5 Å². The van der Waals surface area contributed by atoms with Crippen molar-refractivity contribution in [2.24, 2.45) is 0 Å². The second-order valence-electron chi connectivity index (χ2n) is 4.88. The SMILES string of the molecule is CN1CCSCC1c1noc(-c2cc(F)c(F)cc2N)n1. The minimum absolute atomic E-state index is 0.0489. The monoisotopic (exact) mass is 312 g/mol. The Hall–Kier alpha value is -1.67. The van der Waals surface area contributed by atoms with Crippen LogP contribution in [-0.4, -0.2) is 40.1 Å². The Morgan fingerprint density at radius 2 is 2.14 bits per heavy atom. The standard InChI is InChI=1S/C13H14F2N4OS/c1-19-2-3-21-6-11(19)12-17-13(20-18-12)7-4-8(14)9(15)5-10(7)16/h4-5,11H,2-3,6,16H2,1H3. The van der Waals surface area contributed by atoms with Crippen molar-refractivity contribution >= 4 is 17.4 Å². The minimum Gasteiger partial charge on any atom is -0.398 e. The second-order valence-corrected chi connectivity index (χ2v) is 6.03. The smallest absolute Gasteiger partial charge is 0.260 e. The van der Waals surface area contributed by atoms with Gasteiger partial charge in [0.2, 0.25) is 0 Å². The van der Waals surface area contributed by atoms with E-state index in [0.717, 1.165) is 30.2 Å². The number of nitrogens with zero attached hydrogens (tertiary/aromatic N) is 3. The van der Waals surface area contributed by atoms with E-state index in [0.29, 0.717) is 5.82 Å². The van der Waals surface area contributed by atoms with Gasteiger partial charge in [-0.1, -0.05) is 5.16 Å². The average molecular weight is 312 g/mol. The van der Waals surface area contributed by atoms with E-state index in [1.165, 1.54) is 0 Å². The average Bonchev–Trinajstić information content (AvgIpc) is 2.92. The van der Waals surface area contributed by atoms with Crippen LogP contribution in [0.4, 0.5) is 14.5 Å².